The molecular weight excluding hydrogens is 194 g/mol. The van der Waals surface area contributed by atoms with Crippen LogP contribution in [0.4, 0.5) is 0 Å². The van der Waals surface area contributed by atoms with Crippen molar-refractivity contribution in [1.29, 1.82) is 0 Å². The molecule has 2 rings (SSSR count). The molecule has 1 radical (unpaired) electrons. The Morgan fingerprint density at radius 1 is 1.43 bits per heavy atom. The molecule has 0 saturated carbocycles. The van der Waals surface area contributed by atoms with E-state index in [1.807, 2.05) is 37.4 Å². The Kier molecular flexibility index (Phi) is 2.79. The van der Waals surface area contributed by atoms with Crippen LogP contribution in [-0.2, 0) is 6.61 Å². The van der Waals surface area contributed by atoms with E-state index in [1.54, 1.807) is 11.3 Å². The monoisotopic (exact) mass is 204 g/mol. The molecule has 0 N–H and O–H groups in total. The minimum Gasteiger partial charge on any atom is -0.488 e. The van der Waals surface area contributed by atoms with Crippen LogP contribution in [0.15, 0.2) is 30.5 Å². The van der Waals surface area contributed by atoms with Crippen LogP contribution in [0.5, 0.6) is 5.75 Å². The first-order chi connectivity index (χ1) is 6.84. The second-order valence-electron chi connectivity index (χ2n) is 2.87. The van der Waals surface area contributed by atoms with Crippen molar-refractivity contribution in [3.63, 3.8) is 0 Å². The number of ether oxygens (including phenoxy) is 1. The summed E-state index contributed by atoms with van der Waals surface area (Å²) in [4.78, 5) is 5.31. The summed E-state index contributed by atoms with van der Waals surface area (Å²) in [5, 5.41) is 1.07. The number of nitrogens with zero attached hydrogens (tertiary/aromatic N) is 1. The van der Waals surface area contributed by atoms with Gasteiger partial charge in [-0.1, -0.05) is 12.1 Å². The van der Waals surface area contributed by atoms with Crippen molar-refractivity contribution in [3.05, 3.63) is 46.4 Å². The van der Waals surface area contributed by atoms with Gasteiger partial charge >= 0.3 is 0 Å². The van der Waals surface area contributed by atoms with Gasteiger partial charge in [0, 0.05) is 6.20 Å². The second-order valence-corrected chi connectivity index (χ2v) is 4.19. The van der Waals surface area contributed by atoms with Gasteiger partial charge < -0.3 is 4.74 Å². The van der Waals surface area contributed by atoms with E-state index in [0.29, 0.717) is 6.61 Å². The van der Waals surface area contributed by atoms with Crippen molar-refractivity contribution < 1.29 is 4.74 Å². The fourth-order valence-corrected chi connectivity index (χ4v) is 1.80. The molecule has 0 aliphatic carbocycles. The lowest BCUT2D eigenvalue weighted by molar-refractivity contribution is 0.309. The third-order valence-electron chi connectivity index (χ3n) is 1.74. The molecule has 0 amide bonds. The minimum atomic E-state index is 0.593. The van der Waals surface area contributed by atoms with Crippen molar-refractivity contribution in [1.82, 2.24) is 4.98 Å². The van der Waals surface area contributed by atoms with Crippen LogP contribution in [0.1, 0.15) is 9.88 Å². The number of thiazole rings is 1. The van der Waals surface area contributed by atoms with E-state index >= 15 is 0 Å². The fourth-order valence-electron chi connectivity index (χ4n) is 1.09. The number of aromatic nitrogens is 1. The van der Waals surface area contributed by atoms with E-state index < -0.39 is 0 Å². The van der Waals surface area contributed by atoms with Crippen LogP contribution in [-0.4, -0.2) is 4.98 Å². The molecule has 1 aromatic carbocycles. The summed E-state index contributed by atoms with van der Waals surface area (Å²) in [6.45, 7) is 2.58. The molecule has 1 heterocycles. The maximum absolute atomic E-state index is 5.56. The summed E-state index contributed by atoms with van der Waals surface area (Å²) >= 11 is 1.66. The maximum Gasteiger partial charge on any atom is 0.124 e. The Balaban J connectivity index is 1.95. The van der Waals surface area contributed by atoms with E-state index in [-0.39, 0.29) is 0 Å². The summed E-state index contributed by atoms with van der Waals surface area (Å²) in [6, 6.07) is 10.4. The third kappa shape index (κ3) is 2.33. The molecule has 0 aliphatic heterocycles. The average molecular weight is 204 g/mol. The molecule has 2 nitrogen and oxygen atoms in total. The van der Waals surface area contributed by atoms with Gasteiger partial charge in [0.15, 0.2) is 0 Å². The van der Waals surface area contributed by atoms with Gasteiger partial charge in [-0.2, -0.15) is 0 Å². The smallest absolute Gasteiger partial charge is 0.124 e. The van der Waals surface area contributed by atoms with Crippen molar-refractivity contribution in [3.8, 4) is 5.75 Å². The van der Waals surface area contributed by atoms with Gasteiger partial charge in [0.25, 0.3) is 0 Å². The molecule has 0 saturated heterocycles. The highest BCUT2D eigenvalue weighted by atomic mass is 32.1. The molecule has 0 fully saturated rings. The van der Waals surface area contributed by atoms with Crippen LogP contribution in [0, 0.1) is 13.0 Å². The predicted molar refractivity (Wildman–Crippen MR) is 56.5 cm³/mol. The van der Waals surface area contributed by atoms with Gasteiger partial charge in [0.05, 0.1) is 9.88 Å². The molecule has 0 atom stereocenters. The molecule has 0 bridgehead atoms. The van der Waals surface area contributed by atoms with Crippen molar-refractivity contribution in [2.75, 3.05) is 0 Å². The SMILES string of the molecule is Cc1ncc(COc2cc[c]cc2)s1. The van der Waals surface area contributed by atoms with Crippen LogP contribution >= 0.6 is 11.3 Å². The lowest BCUT2D eigenvalue weighted by Crippen LogP contribution is -1.91. The van der Waals surface area contributed by atoms with E-state index in [1.165, 1.54) is 0 Å². The van der Waals surface area contributed by atoms with Crippen LogP contribution in [0.25, 0.3) is 0 Å². The van der Waals surface area contributed by atoms with Gasteiger partial charge in [-0.05, 0) is 25.1 Å². The van der Waals surface area contributed by atoms with Gasteiger partial charge in [-0.25, -0.2) is 4.98 Å². The quantitative estimate of drug-likeness (QED) is 0.767. The first-order valence-corrected chi connectivity index (χ1v) is 5.16. The zero-order chi connectivity index (χ0) is 9.80. The molecule has 14 heavy (non-hydrogen) atoms. The largest absolute Gasteiger partial charge is 0.488 e. The van der Waals surface area contributed by atoms with Gasteiger partial charge in [-0.15, -0.1) is 11.3 Å². The van der Waals surface area contributed by atoms with Crippen molar-refractivity contribution >= 4 is 11.3 Å². The average Bonchev–Trinajstić information content (AvgIpc) is 2.63. The highest BCUT2D eigenvalue weighted by Gasteiger charge is 1.98. The van der Waals surface area contributed by atoms with Crippen molar-refractivity contribution in [2.45, 2.75) is 13.5 Å². The second kappa shape index (κ2) is 4.24. The van der Waals surface area contributed by atoms with E-state index in [2.05, 4.69) is 11.1 Å². The van der Waals surface area contributed by atoms with Crippen LogP contribution < -0.4 is 4.74 Å². The van der Waals surface area contributed by atoms with Gasteiger partial charge in [-0.3, -0.25) is 0 Å². The Morgan fingerprint density at radius 2 is 2.21 bits per heavy atom. The standard InChI is InChI=1S/C11H10NOS/c1-9-12-7-11(14-9)8-13-10-5-3-2-4-6-10/h3-7H,8H2,1H3. The Labute approximate surface area is 87.2 Å². The first kappa shape index (κ1) is 9.21. The minimum absolute atomic E-state index is 0.593. The van der Waals surface area contributed by atoms with E-state index in [0.717, 1.165) is 15.6 Å². The molecule has 0 spiro atoms. The number of rotatable bonds is 3. The molecule has 3 heteroatoms. The van der Waals surface area contributed by atoms with Gasteiger partial charge in [0.1, 0.15) is 12.4 Å². The highest BCUT2D eigenvalue weighted by Crippen LogP contribution is 2.15. The Morgan fingerprint density at radius 3 is 2.86 bits per heavy atom. The fraction of sp³-hybridized carbons (Fsp3) is 0.182. The summed E-state index contributed by atoms with van der Waals surface area (Å²) in [6.07, 6.45) is 1.86. The lowest BCUT2D eigenvalue weighted by atomic mass is 10.3. The highest BCUT2D eigenvalue weighted by molar-refractivity contribution is 7.11. The molecule has 71 valence electrons. The normalized spacial score (nSPS) is 10.1. The molecule has 1 aromatic heterocycles. The molecule has 2 aromatic rings. The summed E-state index contributed by atoms with van der Waals surface area (Å²) in [7, 11) is 0. The topological polar surface area (TPSA) is 22.1 Å². The van der Waals surface area contributed by atoms with Gasteiger partial charge in [0.2, 0.25) is 0 Å². The van der Waals surface area contributed by atoms with E-state index in [4.69, 9.17) is 4.74 Å². The zero-order valence-corrected chi connectivity index (χ0v) is 8.67. The van der Waals surface area contributed by atoms with Crippen LogP contribution in [0.3, 0.4) is 0 Å². The lowest BCUT2D eigenvalue weighted by Gasteiger charge is -2.02. The van der Waals surface area contributed by atoms with Crippen LogP contribution in [0.2, 0.25) is 0 Å². The number of hydrogen-bond donors (Lipinski definition) is 0. The first-order valence-electron chi connectivity index (χ1n) is 4.35. The molecular formula is C11H10NOS. The molecule has 0 aliphatic rings. The van der Waals surface area contributed by atoms with Crippen molar-refractivity contribution in [2.24, 2.45) is 0 Å². The number of benzene rings is 1. The number of hydrogen-bond acceptors (Lipinski definition) is 3. The predicted octanol–water partition coefficient (Wildman–Crippen LogP) is 2.83. The molecule has 0 unspecified atom stereocenters. The zero-order valence-electron chi connectivity index (χ0n) is 7.86. The Hall–Kier alpha value is -1.35. The Bertz CT molecular complexity index is 397. The summed E-state index contributed by atoms with van der Waals surface area (Å²) < 4.78 is 5.56. The summed E-state index contributed by atoms with van der Waals surface area (Å²) in [5.74, 6) is 0.870. The maximum atomic E-state index is 5.56. The van der Waals surface area contributed by atoms with E-state index in [9.17, 15) is 0 Å². The summed E-state index contributed by atoms with van der Waals surface area (Å²) in [5.41, 5.74) is 0. The third-order valence-corrected chi connectivity index (χ3v) is 2.62. The number of aryl methyl sites for hydroxylation is 1.